The number of hydrogen-bond donors (Lipinski definition) is 2. The molecule has 7 nitrogen and oxygen atoms in total. The Balaban J connectivity index is 1.39. The summed E-state index contributed by atoms with van der Waals surface area (Å²) in [4.78, 5) is 16.7. The van der Waals surface area contributed by atoms with Crippen LogP contribution in [0, 0.1) is 0 Å². The third-order valence-corrected chi connectivity index (χ3v) is 4.73. The predicted octanol–water partition coefficient (Wildman–Crippen LogP) is 1.05. The molecule has 1 aromatic rings. The van der Waals surface area contributed by atoms with Gasteiger partial charge in [-0.15, -0.1) is 0 Å². The first-order valence-electron chi connectivity index (χ1n) is 8.92. The van der Waals surface area contributed by atoms with Crippen molar-refractivity contribution in [2.75, 3.05) is 59.0 Å². The number of morpholine rings is 1. The van der Waals surface area contributed by atoms with Crippen LogP contribution in [0.15, 0.2) is 22.8 Å². The molecule has 7 heteroatoms. The molecule has 2 aliphatic rings. The lowest BCUT2D eigenvalue weighted by Gasteiger charge is -2.27. The lowest BCUT2D eigenvalue weighted by molar-refractivity contribution is 0.0387. The molecule has 0 aromatic carbocycles. The summed E-state index contributed by atoms with van der Waals surface area (Å²) in [7, 11) is 0. The van der Waals surface area contributed by atoms with E-state index in [1.807, 2.05) is 12.1 Å². The average Bonchev–Trinajstić information content (AvgIpc) is 3.30. The molecule has 2 fully saturated rings. The molecule has 3 heterocycles. The predicted molar refractivity (Wildman–Crippen MR) is 90.9 cm³/mol. The van der Waals surface area contributed by atoms with Gasteiger partial charge >= 0.3 is 6.03 Å². The van der Waals surface area contributed by atoms with Gasteiger partial charge in [0.05, 0.1) is 25.5 Å². The summed E-state index contributed by atoms with van der Waals surface area (Å²) in [6.07, 6.45) is 4.12. The Morgan fingerprint density at radius 2 is 1.96 bits per heavy atom. The lowest BCUT2D eigenvalue weighted by Crippen LogP contribution is -2.45. The van der Waals surface area contributed by atoms with Crippen molar-refractivity contribution < 1.29 is 13.9 Å². The summed E-state index contributed by atoms with van der Waals surface area (Å²) in [5.74, 6) is 0.922. The zero-order valence-electron chi connectivity index (χ0n) is 14.2. The highest BCUT2D eigenvalue weighted by Gasteiger charge is 2.25. The Morgan fingerprint density at radius 3 is 2.67 bits per heavy atom. The summed E-state index contributed by atoms with van der Waals surface area (Å²) >= 11 is 0. The molecule has 0 bridgehead atoms. The van der Waals surface area contributed by atoms with Gasteiger partial charge < -0.3 is 19.8 Å². The van der Waals surface area contributed by atoms with Gasteiger partial charge in [0.2, 0.25) is 0 Å². The second-order valence-electron chi connectivity index (χ2n) is 6.37. The van der Waals surface area contributed by atoms with E-state index in [-0.39, 0.29) is 12.1 Å². The van der Waals surface area contributed by atoms with Crippen LogP contribution in [0.5, 0.6) is 0 Å². The first-order valence-corrected chi connectivity index (χ1v) is 8.92. The number of ether oxygens (including phenoxy) is 1. The Bertz CT molecular complexity index is 482. The number of likely N-dealkylation sites (tertiary alicyclic amines) is 1. The van der Waals surface area contributed by atoms with E-state index in [9.17, 15) is 4.79 Å². The highest BCUT2D eigenvalue weighted by atomic mass is 16.5. The number of hydrogen-bond acceptors (Lipinski definition) is 5. The van der Waals surface area contributed by atoms with Crippen molar-refractivity contribution in [3.05, 3.63) is 24.2 Å². The molecule has 0 aliphatic carbocycles. The first-order chi connectivity index (χ1) is 11.8. The van der Waals surface area contributed by atoms with Crippen LogP contribution in [0.4, 0.5) is 4.79 Å². The fourth-order valence-corrected chi connectivity index (χ4v) is 3.35. The SMILES string of the molecule is O=C(NCCN1CCOCC1)NC[C@H](c1ccco1)N1CCCC1. The van der Waals surface area contributed by atoms with Crippen LogP contribution in [-0.4, -0.2) is 74.9 Å². The number of nitrogens with one attached hydrogen (secondary N) is 2. The van der Waals surface area contributed by atoms with E-state index in [0.717, 1.165) is 51.7 Å². The number of nitrogens with zero attached hydrogens (tertiary/aromatic N) is 2. The minimum absolute atomic E-state index is 0.112. The summed E-state index contributed by atoms with van der Waals surface area (Å²) < 4.78 is 10.9. The lowest BCUT2D eigenvalue weighted by atomic mass is 10.2. The van der Waals surface area contributed by atoms with Gasteiger partial charge in [-0.25, -0.2) is 4.79 Å². The quantitative estimate of drug-likeness (QED) is 0.779. The normalized spacial score (nSPS) is 20.8. The molecule has 1 atom stereocenters. The largest absolute Gasteiger partial charge is 0.468 e. The van der Waals surface area contributed by atoms with Crippen molar-refractivity contribution in [2.24, 2.45) is 0 Å². The van der Waals surface area contributed by atoms with Crippen molar-refractivity contribution in [3.63, 3.8) is 0 Å². The van der Waals surface area contributed by atoms with Crippen LogP contribution in [0.3, 0.4) is 0 Å². The smallest absolute Gasteiger partial charge is 0.314 e. The van der Waals surface area contributed by atoms with Gasteiger partial charge in [-0.3, -0.25) is 9.80 Å². The van der Waals surface area contributed by atoms with Crippen LogP contribution in [0.1, 0.15) is 24.6 Å². The van der Waals surface area contributed by atoms with Crippen molar-refractivity contribution >= 4 is 6.03 Å². The maximum Gasteiger partial charge on any atom is 0.314 e. The minimum Gasteiger partial charge on any atom is -0.468 e. The zero-order chi connectivity index (χ0) is 16.6. The van der Waals surface area contributed by atoms with Gasteiger partial charge in [-0.1, -0.05) is 0 Å². The molecule has 0 radical (unpaired) electrons. The first kappa shape index (κ1) is 17.3. The molecule has 24 heavy (non-hydrogen) atoms. The Morgan fingerprint density at radius 1 is 1.17 bits per heavy atom. The maximum atomic E-state index is 12.1. The third kappa shape index (κ3) is 4.96. The Hall–Kier alpha value is -1.57. The Labute approximate surface area is 143 Å². The molecular formula is C17H28N4O3. The molecule has 0 spiro atoms. The van der Waals surface area contributed by atoms with E-state index in [1.54, 1.807) is 6.26 Å². The second kappa shape index (κ2) is 9.05. The molecule has 1 aromatic heterocycles. The molecule has 2 amide bonds. The van der Waals surface area contributed by atoms with Crippen molar-refractivity contribution in [1.29, 1.82) is 0 Å². The average molecular weight is 336 g/mol. The van der Waals surface area contributed by atoms with Gasteiger partial charge in [-0.2, -0.15) is 0 Å². The van der Waals surface area contributed by atoms with E-state index in [2.05, 4.69) is 20.4 Å². The summed E-state index contributed by atoms with van der Waals surface area (Å²) in [6, 6.07) is 3.90. The number of rotatable bonds is 7. The standard InChI is InChI=1S/C17H28N4O3/c22-17(18-5-8-20-9-12-23-13-10-20)19-14-15(16-4-3-11-24-16)21-6-1-2-7-21/h3-4,11,15H,1-2,5-10,12-14H2,(H2,18,19,22)/t15-/m1/s1. The summed E-state index contributed by atoms with van der Waals surface area (Å²) in [6.45, 7) is 7.66. The van der Waals surface area contributed by atoms with Crippen molar-refractivity contribution in [3.8, 4) is 0 Å². The van der Waals surface area contributed by atoms with Crippen LogP contribution < -0.4 is 10.6 Å². The molecule has 3 rings (SSSR count). The summed E-state index contributed by atoms with van der Waals surface area (Å²) in [5, 5.41) is 5.93. The minimum atomic E-state index is -0.112. The number of furan rings is 1. The van der Waals surface area contributed by atoms with Gasteiger partial charge in [0, 0.05) is 32.7 Å². The van der Waals surface area contributed by atoms with Gasteiger partial charge in [0.15, 0.2) is 0 Å². The molecule has 0 unspecified atom stereocenters. The summed E-state index contributed by atoms with van der Waals surface area (Å²) in [5.41, 5.74) is 0. The van der Waals surface area contributed by atoms with Crippen LogP contribution in [-0.2, 0) is 4.74 Å². The van der Waals surface area contributed by atoms with E-state index >= 15 is 0 Å². The molecule has 2 aliphatic heterocycles. The van der Waals surface area contributed by atoms with Gasteiger partial charge in [0.1, 0.15) is 5.76 Å². The highest BCUT2D eigenvalue weighted by Crippen LogP contribution is 2.24. The number of carbonyl (C=O) groups excluding carboxylic acids is 1. The van der Waals surface area contributed by atoms with Gasteiger partial charge in [0.25, 0.3) is 0 Å². The van der Waals surface area contributed by atoms with Crippen LogP contribution in [0.25, 0.3) is 0 Å². The van der Waals surface area contributed by atoms with Crippen molar-refractivity contribution in [2.45, 2.75) is 18.9 Å². The molecule has 2 saturated heterocycles. The zero-order valence-corrected chi connectivity index (χ0v) is 14.2. The van der Waals surface area contributed by atoms with Crippen LogP contribution >= 0.6 is 0 Å². The Kier molecular flexibility index (Phi) is 6.51. The fourth-order valence-electron chi connectivity index (χ4n) is 3.35. The maximum absolute atomic E-state index is 12.1. The van der Waals surface area contributed by atoms with E-state index < -0.39 is 0 Å². The third-order valence-electron chi connectivity index (χ3n) is 4.73. The molecular weight excluding hydrogens is 308 g/mol. The monoisotopic (exact) mass is 336 g/mol. The molecule has 134 valence electrons. The molecule has 0 saturated carbocycles. The fraction of sp³-hybridized carbons (Fsp3) is 0.706. The van der Waals surface area contributed by atoms with Crippen molar-refractivity contribution in [1.82, 2.24) is 20.4 Å². The molecule has 2 N–H and O–H groups in total. The number of urea groups is 1. The van der Waals surface area contributed by atoms with E-state index in [4.69, 9.17) is 9.15 Å². The second-order valence-corrected chi connectivity index (χ2v) is 6.37. The van der Waals surface area contributed by atoms with E-state index in [0.29, 0.717) is 13.1 Å². The topological polar surface area (TPSA) is 70.0 Å². The van der Waals surface area contributed by atoms with E-state index in [1.165, 1.54) is 12.8 Å². The highest BCUT2D eigenvalue weighted by molar-refractivity contribution is 5.73. The number of amides is 2. The van der Waals surface area contributed by atoms with Gasteiger partial charge in [-0.05, 0) is 38.1 Å². The number of carbonyl (C=O) groups is 1. The van der Waals surface area contributed by atoms with Crippen LogP contribution in [0.2, 0.25) is 0 Å².